The van der Waals surface area contributed by atoms with Crippen molar-refractivity contribution in [1.29, 1.82) is 0 Å². The Hall–Kier alpha value is -1.78. The molecule has 2 aromatic rings. The van der Waals surface area contributed by atoms with Crippen LogP contribution in [0.1, 0.15) is 11.3 Å². The van der Waals surface area contributed by atoms with Gasteiger partial charge in [0.2, 0.25) is 0 Å². The van der Waals surface area contributed by atoms with Crippen molar-refractivity contribution in [1.82, 2.24) is 19.6 Å². The zero-order chi connectivity index (χ0) is 11.2. The Bertz CT molecular complexity index is 506. The van der Waals surface area contributed by atoms with Gasteiger partial charge in [-0.25, -0.2) is 0 Å². The minimum atomic E-state index is 0.702. The number of nitrogens with zero attached hydrogens (tertiary/aromatic N) is 4. The van der Waals surface area contributed by atoms with Crippen LogP contribution in [0, 0.1) is 13.8 Å². The van der Waals surface area contributed by atoms with Gasteiger partial charge in [-0.15, -0.1) is 0 Å². The summed E-state index contributed by atoms with van der Waals surface area (Å²) in [5.41, 5.74) is 9.81. The van der Waals surface area contributed by atoms with Crippen LogP contribution in [0.3, 0.4) is 0 Å². The third-order valence-electron chi connectivity index (χ3n) is 2.61. The lowest BCUT2D eigenvalue weighted by molar-refractivity contribution is 0.756. The fourth-order valence-corrected chi connectivity index (χ4v) is 1.73. The Morgan fingerprint density at radius 1 is 1.20 bits per heavy atom. The monoisotopic (exact) mass is 205 g/mol. The molecule has 0 aromatic carbocycles. The summed E-state index contributed by atoms with van der Waals surface area (Å²) in [5.74, 6) is 0.702. The highest BCUT2D eigenvalue weighted by molar-refractivity contribution is 5.69. The van der Waals surface area contributed by atoms with Crippen LogP contribution >= 0.6 is 0 Å². The smallest absolute Gasteiger partial charge is 0.124 e. The van der Waals surface area contributed by atoms with Gasteiger partial charge < -0.3 is 5.73 Å². The van der Waals surface area contributed by atoms with Gasteiger partial charge in [-0.2, -0.15) is 10.2 Å². The molecule has 5 nitrogen and oxygen atoms in total. The second-order valence-corrected chi connectivity index (χ2v) is 3.78. The molecule has 5 heteroatoms. The molecule has 0 bridgehead atoms. The number of aryl methyl sites for hydroxylation is 3. The molecule has 0 saturated carbocycles. The maximum Gasteiger partial charge on any atom is 0.124 e. The Kier molecular flexibility index (Phi) is 2.03. The third kappa shape index (κ3) is 1.40. The predicted molar refractivity (Wildman–Crippen MR) is 59.3 cm³/mol. The number of hydrogen-bond donors (Lipinski definition) is 1. The Morgan fingerprint density at radius 2 is 1.87 bits per heavy atom. The fourth-order valence-electron chi connectivity index (χ4n) is 1.73. The van der Waals surface area contributed by atoms with Gasteiger partial charge in [-0.1, -0.05) is 0 Å². The number of hydrogen-bond acceptors (Lipinski definition) is 3. The van der Waals surface area contributed by atoms with Gasteiger partial charge in [0.15, 0.2) is 0 Å². The van der Waals surface area contributed by atoms with Crippen LogP contribution in [-0.2, 0) is 14.1 Å². The van der Waals surface area contributed by atoms with Gasteiger partial charge in [0.1, 0.15) is 11.5 Å². The summed E-state index contributed by atoms with van der Waals surface area (Å²) in [5, 5.41) is 8.69. The summed E-state index contributed by atoms with van der Waals surface area (Å²) in [7, 11) is 3.75. The largest absolute Gasteiger partial charge is 0.384 e. The van der Waals surface area contributed by atoms with Crippen molar-refractivity contribution in [3.63, 3.8) is 0 Å². The molecule has 0 radical (unpaired) electrons. The second kappa shape index (κ2) is 3.12. The lowest BCUT2D eigenvalue weighted by Gasteiger charge is -1.94. The van der Waals surface area contributed by atoms with Crippen molar-refractivity contribution in [3.05, 3.63) is 17.5 Å². The van der Waals surface area contributed by atoms with E-state index in [1.807, 2.05) is 34.1 Å². The van der Waals surface area contributed by atoms with Crippen LogP contribution in [0.5, 0.6) is 0 Å². The molecule has 0 spiro atoms. The Labute approximate surface area is 88.5 Å². The zero-order valence-corrected chi connectivity index (χ0v) is 9.44. The molecule has 0 unspecified atom stereocenters. The minimum Gasteiger partial charge on any atom is -0.384 e. The highest BCUT2D eigenvalue weighted by Crippen LogP contribution is 2.27. The Morgan fingerprint density at radius 3 is 2.27 bits per heavy atom. The quantitative estimate of drug-likeness (QED) is 0.756. The van der Waals surface area contributed by atoms with Crippen LogP contribution in [0.4, 0.5) is 5.82 Å². The van der Waals surface area contributed by atoms with E-state index in [9.17, 15) is 0 Å². The molecule has 80 valence electrons. The first-order valence-electron chi connectivity index (χ1n) is 4.80. The van der Waals surface area contributed by atoms with Gasteiger partial charge in [0.05, 0.1) is 5.69 Å². The van der Waals surface area contributed by atoms with E-state index in [0.717, 1.165) is 22.5 Å². The topological polar surface area (TPSA) is 61.7 Å². The second-order valence-electron chi connectivity index (χ2n) is 3.78. The van der Waals surface area contributed by atoms with Crippen LogP contribution < -0.4 is 5.73 Å². The van der Waals surface area contributed by atoms with Gasteiger partial charge >= 0.3 is 0 Å². The van der Waals surface area contributed by atoms with Gasteiger partial charge in [0.25, 0.3) is 0 Å². The molecular formula is C10H15N5. The van der Waals surface area contributed by atoms with Crippen LogP contribution in [-0.4, -0.2) is 19.6 Å². The zero-order valence-electron chi connectivity index (χ0n) is 9.44. The van der Waals surface area contributed by atoms with Crippen molar-refractivity contribution < 1.29 is 0 Å². The standard InChI is InChI=1S/C10H15N5/c1-6-9(13-15(4)10(6)11)8-5-14(3)12-7(8)2/h5H,11H2,1-4H3. The lowest BCUT2D eigenvalue weighted by Crippen LogP contribution is -1.97. The maximum absolute atomic E-state index is 5.87. The minimum absolute atomic E-state index is 0.702. The van der Waals surface area contributed by atoms with Gasteiger partial charge in [-0.3, -0.25) is 9.36 Å². The molecule has 2 aromatic heterocycles. The van der Waals surface area contributed by atoms with E-state index in [1.54, 1.807) is 9.36 Å². The molecule has 0 aliphatic heterocycles. The highest BCUT2D eigenvalue weighted by Gasteiger charge is 2.15. The van der Waals surface area contributed by atoms with Crippen molar-refractivity contribution in [3.8, 4) is 11.3 Å². The van der Waals surface area contributed by atoms with Crippen molar-refractivity contribution in [2.24, 2.45) is 14.1 Å². The number of aromatic nitrogens is 4. The van der Waals surface area contributed by atoms with E-state index in [-0.39, 0.29) is 0 Å². The summed E-state index contributed by atoms with van der Waals surface area (Å²) in [4.78, 5) is 0. The SMILES string of the molecule is Cc1nn(C)cc1-c1nn(C)c(N)c1C. The number of nitrogens with two attached hydrogens (primary N) is 1. The van der Waals surface area contributed by atoms with Crippen molar-refractivity contribution in [2.45, 2.75) is 13.8 Å². The van der Waals surface area contributed by atoms with Gasteiger partial charge in [0, 0.05) is 31.4 Å². The van der Waals surface area contributed by atoms with Gasteiger partial charge in [-0.05, 0) is 13.8 Å². The molecule has 2 N–H and O–H groups in total. The highest BCUT2D eigenvalue weighted by atomic mass is 15.3. The molecule has 0 fully saturated rings. The van der Waals surface area contributed by atoms with Crippen molar-refractivity contribution in [2.75, 3.05) is 5.73 Å². The lowest BCUT2D eigenvalue weighted by atomic mass is 10.1. The molecule has 0 amide bonds. The molecule has 0 atom stereocenters. The molecule has 0 aliphatic rings. The molecule has 0 aliphatic carbocycles. The first-order chi connectivity index (χ1) is 7.00. The first-order valence-corrected chi connectivity index (χ1v) is 4.80. The summed E-state index contributed by atoms with van der Waals surface area (Å²) in [6, 6.07) is 0. The molecule has 0 saturated heterocycles. The number of rotatable bonds is 1. The maximum atomic E-state index is 5.87. The van der Waals surface area contributed by atoms with E-state index in [4.69, 9.17) is 5.73 Å². The summed E-state index contributed by atoms with van der Waals surface area (Å²) >= 11 is 0. The third-order valence-corrected chi connectivity index (χ3v) is 2.61. The number of anilines is 1. The Balaban J connectivity index is 2.64. The molecule has 2 rings (SSSR count). The predicted octanol–water partition coefficient (Wildman–Crippen LogP) is 1.02. The normalized spacial score (nSPS) is 10.9. The van der Waals surface area contributed by atoms with E-state index in [2.05, 4.69) is 10.2 Å². The molecular weight excluding hydrogens is 190 g/mol. The van der Waals surface area contributed by atoms with Crippen molar-refractivity contribution >= 4 is 5.82 Å². The van der Waals surface area contributed by atoms with Crippen LogP contribution in [0.15, 0.2) is 6.20 Å². The fraction of sp³-hybridized carbons (Fsp3) is 0.400. The van der Waals surface area contributed by atoms with E-state index in [0.29, 0.717) is 5.82 Å². The summed E-state index contributed by atoms with van der Waals surface area (Å²) < 4.78 is 3.48. The average molecular weight is 205 g/mol. The summed E-state index contributed by atoms with van der Waals surface area (Å²) in [6.45, 7) is 3.95. The van der Waals surface area contributed by atoms with E-state index in [1.165, 1.54) is 0 Å². The molecule has 2 heterocycles. The molecule has 15 heavy (non-hydrogen) atoms. The number of nitrogen functional groups attached to an aromatic ring is 1. The average Bonchev–Trinajstić information content (AvgIpc) is 2.61. The van der Waals surface area contributed by atoms with E-state index < -0.39 is 0 Å². The van der Waals surface area contributed by atoms with E-state index >= 15 is 0 Å². The van der Waals surface area contributed by atoms with Crippen LogP contribution in [0.2, 0.25) is 0 Å². The summed E-state index contributed by atoms with van der Waals surface area (Å²) in [6.07, 6.45) is 1.96. The first kappa shape index (κ1) is 9.76. The van der Waals surface area contributed by atoms with Crippen LogP contribution in [0.25, 0.3) is 11.3 Å².